The first-order chi connectivity index (χ1) is 8.70. The Morgan fingerprint density at radius 2 is 1.94 bits per heavy atom. The third-order valence-corrected chi connectivity index (χ3v) is 3.92. The van der Waals surface area contributed by atoms with Crippen molar-refractivity contribution in [3.05, 3.63) is 0 Å². The second-order valence-corrected chi connectivity index (χ2v) is 5.36. The van der Waals surface area contributed by atoms with Crippen LogP contribution in [-0.4, -0.2) is 50.7 Å². The summed E-state index contributed by atoms with van der Waals surface area (Å²) in [6.45, 7) is 5.69. The molecule has 0 heterocycles. The molecule has 18 heavy (non-hydrogen) atoms. The largest absolute Gasteiger partial charge is 0.389 e. The summed E-state index contributed by atoms with van der Waals surface area (Å²) >= 11 is 0. The third-order valence-electron chi connectivity index (χ3n) is 3.92. The Hall–Kier alpha value is -0.160. The Bertz CT molecular complexity index is 203. The molecule has 0 unspecified atom stereocenters. The topological polar surface area (TPSA) is 50.7 Å². The summed E-state index contributed by atoms with van der Waals surface area (Å²) in [5.74, 6) is 0.822. The zero-order valence-electron chi connectivity index (χ0n) is 11.9. The average Bonchev–Trinajstić information content (AvgIpc) is 2.39. The van der Waals surface area contributed by atoms with Gasteiger partial charge in [-0.15, -0.1) is 0 Å². The molecule has 0 atom stereocenters. The van der Waals surface area contributed by atoms with Gasteiger partial charge in [-0.3, -0.25) is 0 Å². The summed E-state index contributed by atoms with van der Waals surface area (Å²) in [7, 11) is 1.67. The first kappa shape index (κ1) is 15.9. The van der Waals surface area contributed by atoms with E-state index in [1.807, 2.05) is 0 Å². The fraction of sp³-hybridized carbons (Fsp3) is 1.00. The number of methoxy groups -OCH3 is 1. The van der Waals surface area contributed by atoms with Gasteiger partial charge in [0.2, 0.25) is 0 Å². The molecule has 1 rings (SSSR count). The summed E-state index contributed by atoms with van der Waals surface area (Å²) in [5, 5.41) is 13.7. The lowest BCUT2D eigenvalue weighted by molar-refractivity contribution is -0.0103. The molecule has 0 bridgehead atoms. The lowest BCUT2D eigenvalue weighted by Gasteiger charge is -2.36. The predicted molar refractivity (Wildman–Crippen MR) is 72.8 cm³/mol. The van der Waals surface area contributed by atoms with Gasteiger partial charge in [-0.25, -0.2) is 0 Å². The van der Waals surface area contributed by atoms with Crippen molar-refractivity contribution in [1.29, 1.82) is 0 Å². The zero-order valence-corrected chi connectivity index (χ0v) is 11.9. The highest BCUT2D eigenvalue weighted by Crippen LogP contribution is 2.33. The maximum absolute atomic E-state index is 10.4. The second kappa shape index (κ2) is 8.86. The highest BCUT2D eigenvalue weighted by atomic mass is 16.5. The molecule has 4 heteroatoms. The first-order valence-corrected chi connectivity index (χ1v) is 7.20. The van der Waals surface area contributed by atoms with Crippen molar-refractivity contribution in [3.8, 4) is 0 Å². The Labute approximate surface area is 111 Å². The van der Waals surface area contributed by atoms with Gasteiger partial charge in [0, 0.05) is 20.2 Å². The van der Waals surface area contributed by atoms with Gasteiger partial charge in [0.15, 0.2) is 0 Å². The van der Waals surface area contributed by atoms with E-state index in [4.69, 9.17) is 9.47 Å². The van der Waals surface area contributed by atoms with Crippen molar-refractivity contribution in [1.82, 2.24) is 5.32 Å². The van der Waals surface area contributed by atoms with Gasteiger partial charge in [0.25, 0.3) is 0 Å². The van der Waals surface area contributed by atoms with Crippen molar-refractivity contribution in [3.63, 3.8) is 0 Å². The summed E-state index contributed by atoms with van der Waals surface area (Å²) in [6, 6.07) is 0. The van der Waals surface area contributed by atoms with Gasteiger partial charge in [-0.1, -0.05) is 13.3 Å². The van der Waals surface area contributed by atoms with Crippen LogP contribution in [0, 0.1) is 5.92 Å². The lowest BCUT2D eigenvalue weighted by atomic mass is 9.78. The van der Waals surface area contributed by atoms with Crippen LogP contribution in [0.15, 0.2) is 0 Å². The molecule has 108 valence electrons. The number of hydrogen-bond acceptors (Lipinski definition) is 4. The van der Waals surface area contributed by atoms with Crippen molar-refractivity contribution >= 4 is 0 Å². The minimum absolute atomic E-state index is 0.488. The van der Waals surface area contributed by atoms with E-state index in [1.165, 1.54) is 19.3 Å². The van der Waals surface area contributed by atoms with E-state index in [-0.39, 0.29) is 0 Å². The molecule has 1 aliphatic rings. The molecular formula is C14H29NO3. The highest BCUT2D eigenvalue weighted by Gasteiger charge is 2.31. The van der Waals surface area contributed by atoms with Crippen LogP contribution in [0.1, 0.15) is 39.0 Å². The van der Waals surface area contributed by atoms with E-state index in [0.717, 1.165) is 25.3 Å². The van der Waals surface area contributed by atoms with Crippen LogP contribution in [0.3, 0.4) is 0 Å². The van der Waals surface area contributed by atoms with E-state index in [1.54, 1.807) is 7.11 Å². The summed E-state index contributed by atoms with van der Waals surface area (Å²) in [4.78, 5) is 0. The van der Waals surface area contributed by atoms with Crippen LogP contribution >= 0.6 is 0 Å². The summed E-state index contributed by atoms with van der Waals surface area (Å²) in [6.07, 6.45) is 5.45. The molecule has 0 radical (unpaired) electrons. The average molecular weight is 259 g/mol. The van der Waals surface area contributed by atoms with Gasteiger partial charge in [0.05, 0.1) is 25.4 Å². The highest BCUT2D eigenvalue weighted by molar-refractivity contribution is 4.86. The van der Waals surface area contributed by atoms with E-state index >= 15 is 0 Å². The second-order valence-electron chi connectivity index (χ2n) is 5.36. The molecule has 1 aliphatic carbocycles. The van der Waals surface area contributed by atoms with Crippen molar-refractivity contribution < 1.29 is 14.6 Å². The van der Waals surface area contributed by atoms with Crippen molar-refractivity contribution in [2.75, 3.05) is 40.0 Å². The van der Waals surface area contributed by atoms with Gasteiger partial charge >= 0.3 is 0 Å². The number of hydrogen-bond donors (Lipinski definition) is 2. The fourth-order valence-corrected chi connectivity index (χ4v) is 2.51. The molecule has 0 aliphatic heterocycles. The smallest absolute Gasteiger partial charge is 0.0771 e. The Morgan fingerprint density at radius 3 is 2.56 bits per heavy atom. The quantitative estimate of drug-likeness (QED) is 0.617. The molecule has 0 aromatic rings. The van der Waals surface area contributed by atoms with Crippen LogP contribution in [-0.2, 0) is 9.47 Å². The zero-order chi connectivity index (χ0) is 13.3. The maximum atomic E-state index is 10.4. The first-order valence-electron chi connectivity index (χ1n) is 7.20. The fourth-order valence-electron chi connectivity index (χ4n) is 2.51. The normalized spacial score (nSPS) is 28.5. The summed E-state index contributed by atoms with van der Waals surface area (Å²) < 4.78 is 10.3. The van der Waals surface area contributed by atoms with Crippen LogP contribution in [0.25, 0.3) is 0 Å². The Balaban J connectivity index is 2.01. The van der Waals surface area contributed by atoms with E-state index in [0.29, 0.717) is 26.4 Å². The molecule has 0 aromatic heterocycles. The Kier molecular flexibility index (Phi) is 7.82. The number of rotatable bonds is 9. The van der Waals surface area contributed by atoms with E-state index in [2.05, 4.69) is 12.2 Å². The van der Waals surface area contributed by atoms with E-state index < -0.39 is 5.60 Å². The molecule has 1 saturated carbocycles. The number of aliphatic hydroxyl groups is 1. The van der Waals surface area contributed by atoms with Crippen LogP contribution < -0.4 is 5.32 Å². The molecule has 4 nitrogen and oxygen atoms in total. The molecule has 0 aromatic carbocycles. The van der Waals surface area contributed by atoms with Gasteiger partial charge < -0.3 is 19.9 Å². The number of nitrogens with one attached hydrogen (secondary N) is 1. The summed E-state index contributed by atoms with van der Waals surface area (Å²) in [5.41, 5.74) is -0.488. The molecule has 0 spiro atoms. The molecular weight excluding hydrogens is 230 g/mol. The minimum Gasteiger partial charge on any atom is -0.389 e. The van der Waals surface area contributed by atoms with Crippen LogP contribution in [0.5, 0.6) is 0 Å². The molecule has 2 N–H and O–H groups in total. The molecule has 0 saturated heterocycles. The Morgan fingerprint density at radius 1 is 1.22 bits per heavy atom. The van der Waals surface area contributed by atoms with E-state index in [9.17, 15) is 5.11 Å². The van der Waals surface area contributed by atoms with Crippen molar-refractivity contribution in [2.45, 2.75) is 44.6 Å². The van der Waals surface area contributed by atoms with Crippen LogP contribution in [0.4, 0.5) is 0 Å². The monoisotopic (exact) mass is 259 g/mol. The van der Waals surface area contributed by atoms with Gasteiger partial charge in [-0.05, 0) is 31.6 Å². The third kappa shape index (κ3) is 6.14. The molecule has 1 fully saturated rings. The lowest BCUT2D eigenvalue weighted by Crippen LogP contribution is -2.44. The van der Waals surface area contributed by atoms with Gasteiger partial charge in [0.1, 0.15) is 0 Å². The maximum Gasteiger partial charge on any atom is 0.0771 e. The predicted octanol–water partition coefficient (Wildman–Crippen LogP) is 1.57. The number of ether oxygens (including phenoxy) is 2. The minimum atomic E-state index is -0.488. The standard InChI is InChI=1S/C14H29NO3/c1-3-13-4-6-14(16,7-5-13)12-15-8-9-18-11-10-17-2/h13,15-16H,3-12H2,1-2H3. The van der Waals surface area contributed by atoms with Crippen LogP contribution in [0.2, 0.25) is 0 Å². The van der Waals surface area contributed by atoms with Gasteiger partial charge in [-0.2, -0.15) is 0 Å². The molecule has 0 amide bonds. The SMILES string of the molecule is CCC1CCC(O)(CNCCOCCOC)CC1. The van der Waals surface area contributed by atoms with Crippen molar-refractivity contribution in [2.24, 2.45) is 5.92 Å².